The van der Waals surface area contributed by atoms with Crippen LogP contribution >= 0.6 is 0 Å². The van der Waals surface area contributed by atoms with Crippen molar-refractivity contribution in [2.45, 2.75) is 83.6 Å². The molecule has 4 aromatic carbocycles. The van der Waals surface area contributed by atoms with Crippen molar-refractivity contribution >= 4 is 11.9 Å². The zero-order valence-electron chi connectivity index (χ0n) is 43.1. The van der Waals surface area contributed by atoms with E-state index >= 15 is 0 Å². The Morgan fingerprint density at radius 2 is 1.01 bits per heavy atom. The largest absolute Gasteiger partial charge is 0.496 e. The summed E-state index contributed by atoms with van der Waals surface area (Å²) in [6.45, 7) is 1.74. The minimum absolute atomic E-state index is 0.100. The Balaban J connectivity index is 1.10. The number of quaternary nitrogens is 2. The minimum Gasteiger partial charge on any atom is -0.496 e. The fourth-order valence-electron chi connectivity index (χ4n) is 10.9. The van der Waals surface area contributed by atoms with E-state index < -0.39 is 11.9 Å². The second kappa shape index (κ2) is 25.2. The van der Waals surface area contributed by atoms with Gasteiger partial charge in [-0.05, 0) is 57.1 Å². The fourth-order valence-corrected chi connectivity index (χ4v) is 10.9. The van der Waals surface area contributed by atoms with Crippen LogP contribution in [0.25, 0.3) is 0 Å². The normalized spacial score (nSPS) is 19.3. The molecule has 0 fully saturated rings. The van der Waals surface area contributed by atoms with E-state index in [2.05, 4.69) is 14.1 Å². The third kappa shape index (κ3) is 11.9. The number of carbonyl (C=O) groups excluding carboxylic acids is 2. The van der Waals surface area contributed by atoms with Gasteiger partial charge in [-0.15, -0.1) is 0 Å². The highest BCUT2D eigenvalue weighted by Gasteiger charge is 2.44. The Hall–Kier alpha value is -5.92. The lowest BCUT2D eigenvalue weighted by molar-refractivity contribution is -0.941. The van der Waals surface area contributed by atoms with Gasteiger partial charge < -0.3 is 72.4 Å². The minimum atomic E-state index is -0.671. The lowest BCUT2D eigenvalue weighted by atomic mass is 9.82. The highest BCUT2D eigenvalue weighted by molar-refractivity contribution is 5.91. The Kier molecular flexibility index (Phi) is 19.4. The first kappa shape index (κ1) is 55.4. The molecule has 2 aliphatic heterocycles. The highest BCUT2D eigenvalue weighted by atomic mass is 16.5. The fraction of sp³-hybridized carbons (Fsp3) is 0.491. The van der Waals surface area contributed by atoms with E-state index in [1.807, 2.05) is 42.5 Å². The van der Waals surface area contributed by atoms with Gasteiger partial charge in [-0.3, -0.25) is 0 Å². The zero-order valence-corrected chi connectivity index (χ0v) is 43.1. The summed E-state index contributed by atoms with van der Waals surface area (Å²) in [7, 11) is 13.8. The number of ether oxygens (including phenoxy) is 8. The van der Waals surface area contributed by atoms with Crippen molar-refractivity contribution in [3.63, 3.8) is 0 Å². The van der Waals surface area contributed by atoms with Crippen molar-refractivity contribution in [1.82, 2.24) is 0 Å². The maximum Gasteiger partial charge on any atom is 0.331 e. The molecule has 6 rings (SSSR count). The van der Waals surface area contributed by atoms with Crippen molar-refractivity contribution in [3.8, 4) is 34.5 Å². The van der Waals surface area contributed by atoms with Gasteiger partial charge in [0.15, 0.2) is 23.0 Å². The smallest absolute Gasteiger partial charge is 0.331 e. The number of fused-ring (bicyclic) bond motifs is 2. The molecule has 2 heterocycles. The molecule has 392 valence electrons. The van der Waals surface area contributed by atoms with Gasteiger partial charge in [0.1, 0.15) is 17.8 Å². The molecule has 5 N–H and O–H groups in total. The van der Waals surface area contributed by atoms with E-state index in [9.17, 15) is 35.1 Å². The molecule has 2 aliphatic rings. The second-order valence-electron chi connectivity index (χ2n) is 18.9. The van der Waals surface area contributed by atoms with E-state index in [0.717, 1.165) is 65.0 Å². The molecule has 17 heteroatoms. The van der Waals surface area contributed by atoms with Crippen LogP contribution in [-0.2, 0) is 77.8 Å². The van der Waals surface area contributed by atoms with Crippen LogP contribution in [0.3, 0.4) is 0 Å². The Labute approximate surface area is 422 Å². The number of methoxy groups -OCH3 is 6. The number of hydrogen-bond acceptors (Lipinski definition) is 15. The first-order valence-electron chi connectivity index (χ1n) is 24.4. The van der Waals surface area contributed by atoms with Gasteiger partial charge in [0.25, 0.3) is 0 Å². The van der Waals surface area contributed by atoms with Crippen molar-refractivity contribution in [2.24, 2.45) is 0 Å². The molecule has 0 bridgehead atoms. The Morgan fingerprint density at radius 3 is 1.51 bits per heavy atom. The summed E-state index contributed by atoms with van der Waals surface area (Å²) in [5.41, 5.74) is 8.93. The third-order valence-corrected chi connectivity index (χ3v) is 14.8. The molecule has 0 radical (unpaired) electrons. The van der Waals surface area contributed by atoms with E-state index in [0.29, 0.717) is 116 Å². The quantitative estimate of drug-likeness (QED) is 0.0259. The molecular weight excluding hydrogens is 929 g/mol. The summed E-state index contributed by atoms with van der Waals surface area (Å²) in [5, 5.41) is 50.8. The zero-order chi connectivity index (χ0) is 52.2. The molecule has 0 amide bonds. The average Bonchev–Trinajstić information content (AvgIpc) is 3.40. The number of rotatable bonds is 25. The van der Waals surface area contributed by atoms with Crippen molar-refractivity contribution < 1.29 is 82.0 Å². The molecule has 0 saturated heterocycles. The maximum absolute atomic E-state index is 12.9. The number of hydrogen-bond donors (Lipinski definition) is 5. The predicted molar refractivity (Wildman–Crippen MR) is 267 cm³/mol. The molecule has 4 unspecified atom stereocenters. The topological polar surface area (TPSA) is 209 Å². The van der Waals surface area contributed by atoms with Gasteiger partial charge in [-0.2, -0.15) is 0 Å². The molecule has 0 aromatic heterocycles. The Bertz CT molecular complexity index is 2540. The number of carbonyl (C=O) groups is 2. The highest BCUT2D eigenvalue weighted by Crippen LogP contribution is 2.51. The van der Waals surface area contributed by atoms with Gasteiger partial charge >= 0.3 is 11.9 Å². The first-order valence-corrected chi connectivity index (χ1v) is 24.4. The standard InChI is InChI=1S/C55H74N2O15/c1-56(19-15-37-28-41(32-60)43(34-62)53(68-6)50(37)44(56)25-35-11-12-39(30-58)40(23-35)31-59)17-9-21-71-48(63)13-14-49(64)72-22-10-18-57(2)20-16-38-29-47(66-4)54(69-7)55(70-8)51(38)45(57)26-36-24-42(33-61)52(67-5)46(27-36)65-3/h11-14,23-24,27-29,44-45,58-62H,9-10,15-22,25-26,30-34H2,1-8H3/q+2/b14-13+. The molecule has 0 spiro atoms. The maximum atomic E-state index is 12.9. The third-order valence-electron chi connectivity index (χ3n) is 14.8. The van der Waals surface area contributed by atoms with Gasteiger partial charge in [0.05, 0.1) is 140 Å². The van der Waals surface area contributed by atoms with E-state index in [1.54, 1.807) is 42.7 Å². The number of likely N-dealkylation sites (N-methyl/N-ethyl adjacent to an activating group) is 2. The van der Waals surface area contributed by atoms with E-state index in [4.69, 9.17) is 37.9 Å². The Morgan fingerprint density at radius 1 is 0.528 bits per heavy atom. The monoisotopic (exact) mass is 1000 g/mol. The number of aliphatic hydroxyl groups excluding tert-OH is 5. The first-order chi connectivity index (χ1) is 34.7. The molecule has 0 saturated carbocycles. The summed E-state index contributed by atoms with van der Waals surface area (Å²) in [6, 6.07) is 13.1. The van der Waals surface area contributed by atoms with E-state index in [1.165, 1.54) is 0 Å². The van der Waals surface area contributed by atoms with Gasteiger partial charge in [0.2, 0.25) is 5.75 Å². The van der Waals surface area contributed by atoms with Crippen LogP contribution in [0, 0.1) is 0 Å². The van der Waals surface area contributed by atoms with Crippen LogP contribution < -0.4 is 28.4 Å². The second-order valence-corrected chi connectivity index (χ2v) is 18.9. The van der Waals surface area contributed by atoms with Gasteiger partial charge in [0, 0.05) is 61.8 Å². The molecule has 72 heavy (non-hydrogen) atoms. The summed E-state index contributed by atoms with van der Waals surface area (Å²) in [4.78, 5) is 25.9. The lowest BCUT2D eigenvalue weighted by Gasteiger charge is -2.46. The average molecular weight is 1000 g/mol. The molecular formula is C55H74N2O15+2. The van der Waals surface area contributed by atoms with Crippen LogP contribution in [0.1, 0.15) is 86.1 Å². The van der Waals surface area contributed by atoms with Crippen LogP contribution in [0.15, 0.2) is 54.6 Å². The number of benzene rings is 4. The SMILES string of the molecule is COc1cc(CC2c3c(cc(OC)c(OC)c3OC)CC[N+]2(C)CCCOC(=O)/C=C/C(=O)OCCC[N+]2(C)CCc3cc(CO)c(CO)c(OC)c3C2Cc2ccc(CO)c(CO)c2)cc(CO)c1OC. The molecule has 4 aromatic rings. The van der Waals surface area contributed by atoms with Crippen LogP contribution in [0.4, 0.5) is 0 Å². The summed E-state index contributed by atoms with van der Waals surface area (Å²) in [6.07, 6.45) is 5.68. The van der Waals surface area contributed by atoms with Gasteiger partial charge in [-0.25, -0.2) is 9.59 Å². The van der Waals surface area contributed by atoms with Crippen LogP contribution in [-0.4, -0.2) is 143 Å². The van der Waals surface area contributed by atoms with Crippen molar-refractivity contribution in [3.05, 3.63) is 116 Å². The predicted octanol–water partition coefficient (Wildman–Crippen LogP) is 4.90. The van der Waals surface area contributed by atoms with Crippen LogP contribution in [0.5, 0.6) is 34.5 Å². The number of aliphatic hydroxyl groups is 5. The lowest BCUT2D eigenvalue weighted by Crippen LogP contribution is -2.53. The molecule has 4 atom stereocenters. The molecule has 17 nitrogen and oxygen atoms in total. The van der Waals surface area contributed by atoms with Crippen LogP contribution in [0.2, 0.25) is 0 Å². The summed E-state index contributed by atoms with van der Waals surface area (Å²) in [5.74, 6) is 1.83. The number of esters is 2. The molecule has 0 aliphatic carbocycles. The van der Waals surface area contributed by atoms with Crippen molar-refractivity contribution in [1.29, 1.82) is 0 Å². The number of nitrogens with zero attached hydrogens (tertiary/aromatic N) is 2. The van der Waals surface area contributed by atoms with Crippen molar-refractivity contribution in [2.75, 3.05) is 96.1 Å². The summed E-state index contributed by atoms with van der Waals surface area (Å²) < 4.78 is 47.1. The van der Waals surface area contributed by atoms with E-state index in [-0.39, 0.29) is 58.3 Å². The summed E-state index contributed by atoms with van der Waals surface area (Å²) >= 11 is 0. The van der Waals surface area contributed by atoms with Gasteiger partial charge in [-0.1, -0.05) is 24.3 Å².